The van der Waals surface area contributed by atoms with Crippen LogP contribution in [0.25, 0.3) is 0 Å². The molecular weight excluding hydrogens is 426 g/mol. The molecule has 0 atom stereocenters. The zero-order valence-electron chi connectivity index (χ0n) is 19.3. The van der Waals surface area contributed by atoms with E-state index in [4.69, 9.17) is 9.47 Å². The molecule has 0 unspecified atom stereocenters. The van der Waals surface area contributed by atoms with Gasteiger partial charge in [-0.15, -0.1) is 0 Å². The lowest BCUT2D eigenvalue weighted by Crippen LogP contribution is -2.47. The van der Waals surface area contributed by atoms with E-state index >= 15 is 0 Å². The third-order valence-corrected chi connectivity index (χ3v) is 6.25. The summed E-state index contributed by atoms with van der Waals surface area (Å²) >= 11 is 0. The van der Waals surface area contributed by atoms with Crippen LogP contribution in [0, 0.1) is 11.6 Å². The molecule has 1 heterocycles. The van der Waals surface area contributed by atoms with Crippen molar-refractivity contribution in [1.29, 1.82) is 0 Å². The molecule has 1 aliphatic carbocycles. The van der Waals surface area contributed by atoms with Crippen molar-refractivity contribution in [1.82, 2.24) is 9.80 Å². The summed E-state index contributed by atoms with van der Waals surface area (Å²) in [7, 11) is 0. The van der Waals surface area contributed by atoms with Crippen LogP contribution >= 0.6 is 0 Å². The quantitative estimate of drug-likeness (QED) is 0.523. The molecule has 0 bridgehead atoms. The fourth-order valence-electron chi connectivity index (χ4n) is 4.34. The Morgan fingerprint density at radius 2 is 1.76 bits per heavy atom. The monoisotopic (exact) mass is 458 g/mol. The normalized spacial score (nSPS) is 17.2. The predicted octanol–water partition coefficient (Wildman–Crippen LogP) is 5.52. The second kappa shape index (κ2) is 10.5. The molecule has 2 aromatic rings. The van der Waals surface area contributed by atoms with Crippen LogP contribution in [-0.2, 0) is 17.9 Å². The molecular formula is C26H32F2N2O3. The first-order valence-electron chi connectivity index (χ1n) is 11.8. The van der Waals surface area contributed by atoms with E-state index in [0.29, 0.717) is 6.04 Å². The fraction of sp³-hybridized carbons (Fsp3) is 0.500. The van der Waals surface area contributed by atoms with Crippen LogP contribution in [0.4, 0.5) is 13.6 Å². The SMILES string of the molecule is CC(C)Oc1ccc(COC(=O)N(Cc2ccc(F)cc2F)C2CCN(C3CC3)CC2)cc1. The van der Waals surface area contributed by atoms with Crippen molar-refractivity contribution < 1.29 is 23.0 Å². The number of likely N-dealkylation sites (tertiary alicyclic amines) is 1. The number of carbonyl (C=O) groups excluding carboxylic acids is 1. The van der Waals surface area contributed by atoms with E-state index in [-0.39, 0.29) is 30.9 Å². The Bertz CT molecular complexity index is 939. The second-order valence-corrected chi connectivity index (χ2v) is 9.23. The molecule has 0 radical (unpaired) electrons. The largest absolute Gasteiger partial charge is 0.491 e. The summed E-state index contributed by atoms with van der Waals surface area (Å²) in [5, 5.41) is 0. The van der Waals surface area contributed by atoms with Gasteiger partial charge in [0.2, 0.25) is 0 Å². The van der Waals surface area contributed by atoms with E-state index in [1.54, 1.807) is 4.90 Å². The summed E-state index contributed by atoms with van der Waals surface area (Å²) in [6.45, 7) is 5.93. The van der Waals surface area contributed by atoms with Crippen LogP contribution in [0.1, 0.15) is 50.7 Å². The Morgan fingerprint density at radius 3 is 2.36 bits per heavy atom. The molecule has 2 fully saturated rings. The minimum absolute atomic E-state index is 0.0428. The number of ether oxygens (including phenoxy) is 2. The van der Waals surface area contributed by atoms with Gasteiger partial charge in [0.05, 0.1) is 12.6 Å². The van der Waals surface area contributed by atoms with Crippen molar-refractivity contribution in [2.24, 2.45) is 0 Å². The highest BCUT2D eigenvalue weighted by Gasteiger charge is 2.35. The Labute approximate surface area is 194 Å². The van der Waals surface area contributed by atoms with Crippen LogP contribution in [0.15, 0.2) is 42.5 Å². The summed E-state index contributed by atoms with van der Waals surface area (Å²) in [5.41, 5.74) is 1.13. The van der Waals surface area contributed by atoms with Crippen molar-refractivity contribution in [3.05, 3.63) is 65.2 Å². The molecule has 1 saturated heterocycles. The van der Waals surface area contributed by atoms with Gasteiger partial charge in [0.25, 0.3) is 0 Å². The molecule has 1 amide bonds. The molecule has 0 N–H and O–H groups in total. The molecule has 2 aliphatic rings. The highest BCUT2D eigenvalue weighted by molar-refractivity contribution is 5.68. The van der Waals surface area contributed by atoms with Gasteiger partial charge in [-0.2, -0.15) is 0 Å². The van der Waals surface area contributed by atoms with E-state index in [2.05, 4.69) is 4.90 Å². The lowest BCUT2D eigenvalue weighted by Gasteiger charge is -2.38. The molecule has 2 aromatic carbocycles. The zero-order valence-corrected chi connectivity index (χ0v) is 19.3. The average Bonchev–Trinajstić information content (AvgIpc) is 3.63. The number of piperidine rings is 1. The predicted molar refractivity (Wildman–Crippen MR) is 122 cm³/mol. The van der Waals surface area contributed by atoms with Crippen LogP contribution < -0.4 is 4.74 Å². The Kier molecular flexibility index (Phi) is 7.48. The van der Waals surface area contributed by atoms with Gasteiger partial charge >= 0.3 is 6.09 Å². The summed E-state index contributed by atoms with van der Waals surface area (Å²) in [4.78, 5) is 17.2. The summed E-state index contributed by atoms with van der Waals surface area (Å²) in [5.74, 6) is -0.520. The number of hydrogen-bond donors (Lipinski definition) is 0. The molecule has 1 saturated carbocycles. The maximum atomic E-state index is 14.4. The molecule has 1 aliphatic heterocycles. The average molecular weight is 459 g/mol. The maximum Gasteiger partial charge on any atom is 0.410 e. The Hall–Kier alpha value is -2.67. The van der Waals surface area contributed by atoms with E-state index in [1.165, 1.54) is 25.0 Å². The van der Waals surface area contributed by atoms with Gasteiger partial charge in [-0.05, 0) is 63.3 Å². The van der Waals surface area contributed by atoms with Crippen molar-refractivity contribution in [3.63, 3.8) is 0 Å². The van der Waals surface area contributed by atoms with Crippen LogP contribution in [-0.4, -0.2) is 47.2 Å². The second-order valence-electron chi connectivity index (χ2n) is 9.23. The molecule has 7 heteroatoms. The van der Waals surface area contributed by atoms with E-state index in [0.717, 1.165) is 43.3 Å². The van der Waals surface area contributed by atoms with Crippen molar-refractivity contribution in [2.75, 3.05) is 13.1 Å². The number of carbonyl (C=O) groups is 1. The molecule has 178 valence electrons. The first kappa shape index (κ1) is 23.5. The highest BCUT2D eigenvalue weighted by Crippen LogP contribution is 2.31. The van der Waals surface area contributed by atoms with Crippen LogP contribution in [0.3, 0.4) is 0 Å². The first-order valence-corrected chi connectivity index (χ1v) is 11.8. The standard InChI is InChI=1S/C26H32F2N2O3/c1-18(2)33-24-9-3-19(4-10-24)17-32-26(31)30(16-20-5-6-21(27)15-25(20)28)23-11-13-29(14-12-23)22-7-8-22/h3-6,9-10,15,18,22-23H,7-8,11-14,16-17H2,1-2H3. The van der Waals surface area contributed by atoms with Gasteiger partial charge in [-0.1, -0.05) is 18.2 Å². The number of benzene rings is 2. The number of hydrogen-bond acceptors (Lipinski definition) is 4. The number of rotatable bonds is 8. The Morgan fingerprint density at radius 1 is 1.06 bits per heavy atom. The third-order valence-electron chi connectivity index (χ3n) is 6.25. The van der Waals surface area contributed by atoms with Crippen LogP contribution in [0.5, 0.6) is 5.75 Å². The fourth-order valence-corrected chi connectivity index (χ4v) is 4.34. The lowest BCUT2D eigenvalue weighted by atomic mass is 10.0. The topological polar surface area (TPSA) is 42.0 Å². The highest BCUT2D eigenvalue weighted by atomic mass is 19.1. The summed E-state index contributed by atoms with van der Waals surface area (Å²) in [6, 6.07) is 11.5. The third kappa shape index (κ3) is 6.44. The number of nitrogens with zero attached hydrogens (tertiary/aromatic N) is 2. The van der Waals surface area contributed by atoms with Gasteiger partial charge in [-0.3, -0.25) is 0 Å². The minimum atomic E-state index is -0.649. The van der Waals surface area contributed by atoms with Crippen molar-refractivity contribution in [2.45, 2.75) is 70.9 Å². The summed E-state index contributed by atoms with van der Waals surface area (Å²) < 4.78 is 39.0. The van der Waals surface area contributed by atoms with E-state index < -0.39 is 17.7 Å². The maximum absolute atomic E-state index is 14.4. The van der Waals surface area contributed by atoms with Crippen molar-refractivity contribution >= 4 is 6.09 Å². The van der Waals surface area contributed by atoms with Crippen molar-refractivity contribution in [3.8, 4) is 5.75 Å². The summed E-state index contributed by atoms with van der Waals surface area (Å²) in [6.07, 6.45) is 3.73. The molecule has 0 spiro atoms. The molecule has 0 aromatic heterocycles. The van der Waals surface area contributed by atoms with Crippen LogP contribution in [0.2, 0.25) is 0 Å². The van der Waals surface area contributed by atoms with Gasteiger partial charge < -0.3 is 19.3 Å². The van der Waals surface area contributed by atoms with Gasteiger partial charge in [0.1, 0.15) is 24.0 Å². The van der Waals surface area contributed by atoms with Gasteiger partial charge in [0.15, 0.2) is 0 Å². The van der Waals surface area contributed by atoms with Gasteiger partial charge in [-0.25, -0.2) is 13.6 Å². The molecule has 33 heavy (non-hydrogen) atoms. The van der Waals surface area contributed by atoms with E-state index in [1.807, 2.05) is 38.1 Å². The van der Waals surface area contributed by atoms with Gasteiger partial charge in [0, 0.05) is 36.8 Å². The molecule has 4 rings (SSSR count). The Balaban J connectivity index is 1.41. The molecule has 5 nitrogen and oxygen atoms in total. The lowest BCUT2D eigenvalue weighted by molar-refractivity contribution is 0.0555. The first-order chi connectivity index (χ1) is 15.9. The number of halogens is 2. The minimum Gasteiger partial charge on any atom is -0.491 e. The smallest absolute Gasteiger partial charge is 0.410 e. The zero-order chi connectivity index (χ0) is 23.4. The number of amides is 1. The van der Waals surface area contributed by atoms with E-state index in [9.17, 15) is 13.6 Å².